The van der Waals surface area contributed by atoms with Crippen molar-refractivity contribution in [3.63, 3.8) is 0 Å². The van der Waals surface area contributed by atoms with Gasteiger partial charge in [0.05, 0.1) is 17.1 Å². The normalized spacial score (nSPS) is 18.0. The van der Waals surface area contributed by atoms with E-state index in [1.54, 1.807) is 0 Å². The Kier molecular flexibility index (Phi) is 3.26. The molecule has 4 heteroatoms. The monoisotopic (exact) mass is 209 g/mol. The summed E-state index contributed by atoms with van der Waals surface area (Å²) in [5.41, 5.74) is 3.35. The van der Waals surface area contributed by atoms with Crippen LogP contribution in [0.5, 0.6) is 0 Å². The van der Waals surface area contributed by atoms with Gasteiger partial charge in [0.25, 0.3) is 0 Å². The van der Waals surface area contributed by atoms with E-state index in [0.29, 0.717) is 0 Å². The number of H-pyrrole nitrogens is 1. The molecule has 1 aromatic rings. The summed E-state index contributed by atoms with van der Waals surface area (Å²) in [6, 6.07) is 0. The van der Waals surface area contributed by atoms with E-state index in [-0.39, 0.29) is 0 Å². The first-order valence-electron chi connectivity index (χ1n) is 5.60. The Balaban J connectivity index is 1.87. The first-order valence-corrected chi connectivity index (χ1v) is 5.60. The fraction of sp³-hybridized carbons (Fsp3) is 0.727. The number of nitrogens with zero attached hydrogens (tertiary/aromatic N) is 1. The van der Waals surface area contributed by atoms with Crippen molar-refractivity contribution in [2.75, 3.05) is 25.1 Å². The Hall–Kier alpha value is -1.03. The van der Waals surface area contributed by atoms with Crippen LogP contribution in [0.2, 0.25) is 0 Å². The van der Waals surface area contributed by atoms with E-state index in [1.807, 2.05) is 13.8 Å². The summed E-state index contributed by atoms with van der Waals surface area (Å²) in [4.78, 5) is 0. The maximum atomic E-state index is 5.34. The number of nitrogens with one attached hydrogen (secondary N) is 2. The van der Waals surface area contributed by atoms with Crippen molar-refractivity contribution in [1.29, 1.82) is 0 Å². The number of rotatable bonds is 3. The number of aryl methyl sites for hydroxylation is 2. The van der Waals surface area contributed by atoms with Crippen molar-refractivity contribution in [3.05, 3.63) is 11.4 Å². The Morgan fingerprint density at radius 3 is 2.73 bits per heavy atom. The van der Waals surface area contributed by atoms with Gasteiger partial charge >= 0.3 is 0 Å². The molecule has 1 saturated heterocycles. The molecule has 1 aliphatic rings. The van der Waals surface area contributed by atoms with Gasteiger partial charge < -0.3 is 10.1 Å². The highest BCUT2D eigenvalue weighted by atomic mass is 16.5. The fourth-order valence-electron chi connectivity index (χ4n) is 2.01. The second-order valence-electron chi connectivity index (χ2n) is 4.25. The van der Waals surface area contributed by atoms with Gasteiger partial charge in [-0.3, -0.25) is 5.10 Å². The van der Waals surface area contributed by atoms with E-state index in [2.05, 4.69) is 15.5 Å². The van der Waals surface area contributed by atoms with E-state index in [9.17, 15) is 0 Å². The summed E-state index contributed by atoms with van der Waals surface area (Å²) < 4.78 is 5.34. The first-order chi connectivity index (χ1) is 7.27. The summed E-state index contributed by atoms with van der Waals surface area (Å²) in [7, 11) is 0. The molecule has 0 saturated carbocycles. The maximum absolute atomic E-state index is 5.34. The van der Waals surface area contributed by atoms with Crippen LogP contribution < -0.4 is 5.32 Å². The molecular formula is C11H19N3O. The zero-order valence-corrected chi connectivity index (χ0v) is 9.47. The van der Waals surface area contributed by atoms with Gasteiger partial charge in [-0.2, -0.15) is 5.10 Å². The molecule has 0 amide bonds. The predicted octanol–water partition coefficient (Wildman–Crippen LogP) is 1.87. The number of aromatic nitrogens is 2. The average Bonchev–Trinajstić information content (AvgIpc) is 2.58. The highest BCUT2D eigenvalue weighted by Crippen LogP contribution is 2.19. The standard InChI is InChI=1S/C11H19N3O/c1-8-11(9(2)14-13-8)12-7-10-3-5-15-6-4-10/h10,12H,3-7H2,1-2H3,(H,13,14). The lowest BCUT2D eigenvalue weighted by Gasteiger charge is -2.22. The molecule has 0 atom stereocenters. The lowest BCUT2D eigenvalue weighted by atomic mass is 10.0. The molecule has 0 unspecified atom stereocenters. The highest BCUT2D eigenvalue weighted by Gasteiger charge is 2.14. The van der Waals surface area contributed by atoms with Crippen molar-refractivity contribution >= 4 is 5.69 Å². The van der Waals surface area contributed by atoms with Crippen molar-refractivity contribution in [2.45, 2.75) is 26.7 Å². The van der Waals surface area contributed by atoms with E-state index >= 15 is 0 Å². The molecule has 0 bridgehead atoms. The molecular weight excluding hydrogens is 190 g/mol. The molecule has 2 rings (SSSR count). The minimum absolute atomic E-state index is 0.743. The van der Waals surface area contributed by atoms with E-state index in [0.717, 1.165) is 37.1 Å². The third-order valence-electron chi connectivity index (χ3n) is 3.04. The Morgan fingerprint density at radius 1 is 1.40 bits per heavy atom. The zero-order valence-electron chi connectivity index (χ0n) is 9.47. The van der Waals surface area contributed by atoms with Gasteiger partial charge in [-0.1, -0.05) is 0 Å². The number of anilines is 1. The third kappa shape index (κ3) is 2.50. The summed E-state index contributed by atoms with van der Waals surface area (Å²) >= 11 is 0. The molecule has 0 spiro atoms. The van der Waals surface area contributed by atoms with Crippen LogP contribution >= 0.6 is 0 Å². The second-order valence-corrected chi connectivity index (χ2v) is 4.25. The van der Waals surface area contributed by atoms with E-state index in [1.165, 1.54) is 18.5 Å². The Labute approximate surface area is 90.4 Å². The number of aromatic amines is 1. The molecule has 0 radical (unpaired) electrons. The average molecular weight is 209 g/mol. The quantitative estimate of drug-likeness (QED) is 0.799. The van der Waals surface area contributed by atoms with Gasteiger partial charge in [0.1, 0.15) is 0 Å². The summed E-state index contributed by atoms with van der Waals surface area (Å²) in [5.74, 6) is 0.743. The predicted molar refractivity (Wildman–Crippen MR) is 60.1 cm³/mol. The molecule has 1 aromatic heterocycles. The first kappa shape index (κ1) is 10.5. The second kappa shape index (κ2) is 4.66. The van der Waals surface area contributed by atoms with Gasteiger partial charge in [-0.15, -0.1) is 0 Å². The zero-order chi connectivity index (χ0) is 10.7. The van der Waals surface area contributed by atoms with Crippen LogP contribution in [0, 0.1) is 19.8 Å². The largest absolute Gasteiger partial charge is 0.382 e. The van der Waals surface area contributed by atoms with Crippen LogP contribution in [-0.2, 0) is 4.74 Å². The number of hydrogen-bond acceptors (Lipinski definition) is 3. The van der Waals surface area contributed by atoms with Crippen LogP contribution in [0.3, 0.4) is 0 Å². The van der Waals surface area contributed by atoms with E-state index < -0.39 is 0 Å². The van der Waals surface area contributed by atoms with Gasteiger partial charge in [0, 0.05) is 19.8 Å². The molecule has 1 aliphatic heterocycles. The van der Waals surface area contributed by atoms with Crippen LogP contribution in [0.1, 0.15) is 24.2 Å². The SMILES string of the molecule is Cc1n[nH]c(C)c1NCC1CCOCC1. The summed E-state index contributed by atoms with van der Waals surface area (Å²) in [5, 5.41) is 10.6. The minimum Gasteiger partial charge on any atom is -0.382 e. The number of ether oxygens (including phenoxy) is 1. The Bertz CT molecular complexity index is 296. The fourth-order valence-corrected chi connectivity index (χ4v) is 2.01. The third-order valence-corrected chi connectivity index (χ3v) is 3.04. The molecule has 84 valence electrons. The summed E-state index contributed by atoms with van der Waals surface area (Å²) in [6.07, 6.45) is 2.34. The lowest BCUT2D eigenvalue weighted by molar-refractivity contribution is 0.0699. The molecule has 15 heavy (non-hydrogen) atoms. The van der Waals surface area contributed by atoms with Crippen molar-refractivity contribution in [3.8, 4) is 0 Å². The molecule has 4 nitrogen and oxygen atoms in total. The molecule has 1 fully saturated rings. The van der Waals surface area contributed by atoms with Gasteiger partial charge in [0.2, 0.25) is 0 Å². The molecule has 2 N–H and O–H groups in total. The summed E-state index contributed by atoms with van der Waals surface area (Å²) in [6.45, 7) is 6.93. The Morgan fingerprint density at radius 2 is 2.13 bits per heavy atom. The maximum Gasteiger partial charge on any atom is 0.0825 e. The van der Waals surface area contributed by atoms with Gasteiger partial charge in [-0.25, -0.2) is 0 Å². The van der Waals surface area contributed by atoms with Crippen LogP contribution in [0.15, 0.2) is 0 Å². The van der Waals surface area contributed by atoms with Crippen molar-refractivity contribution < 1.29 is 4.74 Å². The topological polar surface area (TPSA) is 49.9 Å². The van der Waals surface area contributed by atoms with Gasteiger partial charge in [-0.05, 0) is 32.6 Å². The molecule has 0 aromatic carbocycles. The smallest absolute Gasteiger partial charge is 0.0825 e. The lowest BCUT2D eigenvalue weighted by Crippen LogP contribution is -2.22. The van der Waals surface area contributed by atoms with Crippen LogP contribution in [0.25, 0.3) is 0 Å². The van der Waals surface area contributed by atoms with Crippen molar-refractivity contribution in [1.82, 2.24) is 10.2 Å². The molecule has 0 aliphatic carbocycles. The van der Waals surface area contributed by atoms with Crippen LogP contribution in [0.4, 0.5) is 5.69 Å². The number of hydrogen-bond donors (Lipinski definition) is 2. The minimum atomic E-state index is 0.743. The molecule has 2 heterocycles. The van der Waals surface area contributed by atoms with E-state index in [4.69, 9.17) is 4.74 Å². The van der Waals surface area contributed by atoms with Crippen molar-refractivity contribution in [2.24, 2.45) is 5.92 Å². The highest BCUT2D eigenvalue weighted by molar-refractivity contribution is 5.51. The van der Waals surface area contributed by atoms with Crippen LogP contribution in [-0.4, -0.2) is 30.0 Å². The van der Waals surface area contributed by atoms with Gasteiger partial charge in [0.15, 0.2) is 0 Å².